The van der Waals surface area contributed by atoms with Crippen LogP contribution in [0.1, 0.15) is 5.56 Å². The van der Waals surface area contributed by atoms with Gasteiger partial charge in [-0.3, -0.25) is 14.5 Å². The summed E-state index contributed by atoms with van der Waals surface area (Å²) in [7, 11) is 0. The van der Waals surface area contributed by atoms with Gasteiger partial charge in [-0.25, -0.2) is 4.68 Å². The molecule has 1 aliphatic heterocycles. The lowest BCUT2D eigenvalue weighted by molar-refractivity contribution is -0.117. The maximum atomic E-state index is 13.2. The van der Waals surface area contributed by atoms with E-state index in [1.165, 1.54) is 27.7 Å². The normalized spacial score (nSPS) is 17.6. The quantitative estimate of drug-likeness (QED) is 0.492. The van der Waals surface area contributed by atoms with E-state index in [0.717, 1.165) is 11.3 Å². The van der Waals surface area contributed by atoms with Crippen LogP contribution in [0.3, 0.4) is 0 Å². The highest BCUT2D eigenvalue weighted by atomic mass is 32.2. The highest BCUT2D eigenvalue weighted by Crippen LogP contribution is 2.41. The number of nitriles is 1. The molecular formula is C20H15N7O2S. The number of rotatable bonds is 5. The molecule has 0 aliphatic carbocycles. The molecule has 1 atom stereocenters. The summed E-state index contributed by atoms with van der Waals surface area (Å²) in [5, 5.41) is 20.3. The number of hydrogen-bond donors (Lipinski definition) is 1. The van der Waals surface area contributed by atoms with Crippen LogP contribution in [0.15, 0.2) is 71.5 Å². The fourth-order valence-corrected chi connectivity index (χ4v) is 4.45. The largest absolute Gasteiger partial charge is 0.365 e. The van der Waals surface area contributed by atoms with E-state index in [0.29, 0.717) is 12.1 Å². The molecule has 9 nitrogen and oxygen atoms in total. The van der Waals surface area contributed by atoms with Crippen molar-refractivity contribution in [1.82, 2.24) is 20.2 Å². The molecule has 2 heterocycles. The van der Waals surface area contributed by atoms with Gasteiger partial charge in [0, 0.05) is 5.69 Å². The van der Waals surface area contributed by atoms with E-state index in [1.807, 2.05) is 36.4 Å². The predicted octanol–water partition coefficient (Wildman–Crippen LogP) is 1.57. The van der Waals surface area contributed by atoms with E-state index >= 15 is 0 Å². The van der Waals surface area contributed by atoms with Crippen molar-refractivity contribution in [3.8, 4) is 11.8 Å². The van der Waals surface area contributed by atoms with Gasteiger partial charge in [0.05, 0.1) is 10.9 Å². The second-order valence-electron chi connectivity index (χ2n) is 6.40. The number of carbonyl (C=O) groups is 2. The zero-order valence-electron chi connectivity index (χ0n) is 15.5. The van der Waals surface area contributed by atoms with Crippen LogP contribution < -0.4 is 10.6 Å². The Balaban J connectivity index is 1.69. The number of tetrazole rings is 1. The number of primary amides is 1. The Morgan fingerprint density at radius 3 is 2.60 bits per heavy atom. The van der Waals surface area contributed by atoms with Gasteiger partial charge in [0.1, 0.15) is 23.0 Å². The molecule has 1 fully saturated rings. The molecule has 4 rings (SSSR count). The molecule has 30 heavy (non-hydrogen) atoms. The van der Waals surface area contributed by atoms with Gasteiger partial charge < -0.3 is 5.73 Å². The molecule has 10 heteroatoms. The average molecular weight is 417 g/mol. The van der Waals surface area contributed by atoms with E-state index in [2.05, 4.69) is 15.5 Å². The number of amides is 2. The van der Waals surface area contributed by atoms with Crippen LogP contribution in [-0.2, 0) is 16.0 Å². The SMILES string of the molecule is N#C/C(C(N)=O)=C1\S[C@H](Cc2cccc(-n3cnnn3)c2)C(=O)N1c1ccccc1. The van der Waals surface area contributed by atoms with Crippen molar-refractivity contribution in [1.29, 1.82) is 5.26 Å². The Kier molecular flexibility index (Phi) is 5.28. The Morgan fingerprint density at radius 1 is 1.17 bits per heavy atom. The number of anilines is 1. The molecule has 1 saturated heterocycles. The van der Waals surface area contributed by atoms with Crippen LogP contribution in [0.4, 0.5) is 5.69 Å². The third-order valence-corrected chi connectivity index (χ3v) is 5.75. The summed E-state index contributed by atoms with van der Waals surface area (Å²) in [5.41, 5.74) is 7.38. The number of hydrogen-bond acceptors (Lipinski definition) is 7. The van der Waals surface area contributed by atoms with Gasteiger partial charge in [0.25, 0.3) is 5.91 Å². The molecule has 0 spiro atoms. The lowest BCUT2D eigenvalue weighted by atomic mass is 10.1. The summed E-state index contributed by atoms with van der Waals surface area (Å²) < 4.78 is 1.52. The van der Waals surface area contributed by atoms with Gasteiger partial charge in [-0.05, 0) is 46.7 Å². The van der Waals surface area contributed by atoms with Crippen molar-refractivity contribution >= 4 is 29.3 Å². The molecule has 2 aromatic carbocycles. The first-order valence-electron chi connectivity index (χ1n) is 8.90. The third kappa shape index (κ3) is 3.66. The molecule has 0 bridgehead atoms. The van der Waals surface area contributed by atoms with E-state index in [-0.39, 0.29) is 16.5 Å². The van der Waals surface area contributed by atoms with Crippen LogP contribution in [0.5, 0.6) is 0 Å². The van der Waals surface area contributed by atoms with Gasteiger partial charge in [-0.2, -0.15) is 5.26 Å². The lowest BCUT2D eigenvalue weighted by Crippen LogP contribution is -2.31. The number of carbonyl (C=O) groups excluding carboxylic acids is 2. The number of nitrogens with two attached hydrogens (primary N) is 1. The van der Waals surface area contributed by atoms with Crippen molar-refractivity contribution in [3.63, 3.8) is 0 Å². The topological polar surface area (TPSA) is 131 Å². The second kappa shape index (κ2) is 8.18. The Labute approximate surface area is 175 Å². The van der Waals surface area contributed by atoms with Gasteiger partial charge in [-0.1, -0.05) is 42.1 Å². The van der Waals surface area contributed by atoms with Crippen LogP contribution in [0.25, 0.3) is 5.69 Å². The van der Waals surface area contributed by atoms with E-state index in [9.17, 15) is 14.9 Å². The van der Waals surface area contributed by atoms with Gasteiger partial charge in [-0.15, -0.1) is 5.10 Å². The summed E-state index contributed by atoms with van der Waals surface area (Å²) in [6, 6.07) is 18.2. The molecule has 0 saturated carbocycles. The highest BCUT2D eigenvalue weighted by Gasteiger charge is 2.40. The summed E-state index contributed by atoms with van der Waals surface area (Å²) in [6.07, 6.45) is 1.88. The maximum absolute atomic E-state index is 13.2. The van der Waals surface area contributed by atoms with Crippen LogP contribution in [0, 0.1) is 11.3 Å². The zero-order valence-corrected chi connectivity index (χ0v) is 16.4. The number of aromatic nitrogens is 4. The molecule has 3 aromatic rings. The molecular weight excluding hydrogens is 402 g/mol. The fourth-order valence-electron chi connectivity index (χ4n) is 3.13. The second-order valence-corrected chi connectivity index (χ2v) is 7.59. The summed E-state index contributed by atoms with van der Waals surface area (Å²) >= 11 is 1.17. The van der Waals surface area contributed by atoms with Crippen LogP contribution >= 0.6 is 11.8 Å². The van der Waals surface area contributed by atoms with Crippen molar-refractivity contribution in [3.05, 3.63) is 77.1 Å². The Morgan fingerprint density at radius 2 is 1.93 bits per heavy atom. The smallest absolute Gasteiger partial charge is 0.262 e. The molecule has 0 radical (unpaired) electrons. The van der Waals surface area contributed by atoms with Crippen molar-refractivity contribution in [2.24, 2.45) is 5.73 Å². The first kappa shape index (κ1) is 19.4. The number of para-hydroxylation sites is 1. The molecule has 2 N–H and O–H groups in total. The molecule has 148 valence electrons. The zero-order chi connectivity index (χ0) is 21.1. The van der Waals surface area contributed by atoms with Crippen LogP contribution in [-0.4, -0.2) is 37.3 Å². The maximum Gasteiger partial charge on any atom is 0.262 e. The lowest BCUT2D eigenvalue weighted by Gasteiger charge is -2.18. The van der Waals surface area contributed by atoms with Crippen molar-refractivity contribution < 1.29 is 9.59 Å². The third-order valence-electron chi connectivity index (χ3n) is 4.48. The summed E-state index contributed by atoms with van der Waals surface area (Å²) in [5.74, 6) is -1.09. The minimum atomic E-state index is -0.866. The first-order valence-corrected chi connectivity index (χ1v) is 9.78. The number of nitrogens with zero attached hydrogens (tertiary/aromatic N) is 6. The monoisotopic (exact) mass is 417 g/mol. The molecule has 1 aliphatic rings. The van der Waals surface area contributed by atoms with E-state index in [4.69, 9.17) is 5.73 Å². The number of benzene rings is 2. The number of thioether (sulfide) groups is 1. The average Bonchev–Trinajstić information content (AvgIpc) is 3.39. The molecule has 1 aromatic heterocycles. The van der Waals surface area contributed by atoms with E-state index < -0.39 is 11.2 Å². The predicted molar refractivity (Wildman–Crippen MR) is 110 cm³/mol. The van der Waals surface area contributed by atoms with Crippen molar-refractivity contribution in [2.45, 2.75) is 11.7 Å². The first-order chi connectivity index (χ1) is 14.6. The van der Waals surface area contributed by atoms with Gasteiger partial charge >= 0.3 is 0 Å². The fraction of sp³-hybridized carbons (Fsp3) is 0.100. The highest BCUT2D eigenvalue weighted by molar-refractivity contribution is 8.05. The van der Waals surface area contributed by atoms with Gasteiger partial charge in [0.15, 0.2) is 0 Å². The van der Waals surface area contributed by atoms with E-state index in [1.54, 1.807) is 24.3 Å². The van der Waals surface area contributed by atoms with Crippen molar-refractivity contribution in [2.75, 3.05) is 4.90 Å². The molecule has 0 unspecified atom stereocenters. The standard InChI is InChI=1S/C20H15N7O2S/c21-11-16(18(22)28)20-27(14-6-2-1-3-7-14)19(29)17(30-20)10-13-5-4-8-15(9-13)26-12-23-24-25-26/h1-9,12,17H,10H2,(H2,22,28)/b20-16+/t17-/m1/s1. The minimum absolute atomic E-state index is 0.219. The Hall–Kier alpha value is -3.97. The molecule has 2 amide bonds. The summed E-state index contributed by atoms with van der Waals surface area (Å²) in [4.78, 5) is 26.5. The minimum Gasteiger partial charge on any atom is -0.365 e. The Bertz CT molecular complexity index is 1170. The summed E-state index contributed by atoms with van der Waals surface area (Å²) in [6.45, 7) is 0. The van der Waals surface area contributed by atoms with Crippen LogP contribution in [0.2, 0.25) is 0 Å². The van der Waals surface area contributed by atoms with Gasteiger partial charge in [0.2, 0.25) is 5.91 Å².